The van der Waals surface area contributed by atoms with Crippen LogP contribution in [0.1, 0.15) is 47.5 Å². The molecule has 1 aliphatic rings. The molecule has 2 heteroatoms. The van der Waals surface area contributed by atoms with Crippen molar-refractivity contribution in [2.45, 2.75) is 53.5 Å². The molecule has 1 saturated heterocycles. The lowest BCUT2D eigenvalue weighted by Crippen LogP contribution is -2.38. The normalized spacial score (nSPS) is 26.7. The largest absolute Gasteiger partial charge is 0.339 e. The van der Waals surface area contributed by atoms with Crippen molar-refractivity contribution in [3.8, 4) is 0 Å². The van der Waals surface area contributed by atoms with E-state index >= 15 is 0 Å². The van der Waals surface area contributed by atoms with Crippen LogP contribution in [-0.4, -0.2) is 23.4 Å². The van der Waals surface area contributed by atoms with E-state index in [2.05, 4.69) is 25.7 Å². The third-order valence-electron chi connectivity index (χ3n) is 3.14. The van der Waals surface area contributed by atoms with Gasteiger partial charge in [0.05, 0.1) is 0 Å². The van der Waals surface area contributed by atoms with E-state index in [1.807, 2.05) is 13.8 Å². The zero-order chi connectivity index (χ0) is 11.6. The van der Waals surface area contributed by atoms with Gasteiger partial charge >= 0.3 is 0 Å². The second kappa shape index (κ2) is 5.00. The van der Waals surface area contributed by atoms with Crippen molar-refractivity contribution in [2.24, 2.45) is 17.8 Å². The fourth-order valence-electron chi connectivity index (χ4n) is 2.52. The van der Waals surface area contributed by atoms with Gasteiger partial charge in [-0.2, -0.15) is 0 Å². The smallest absolute Gasteiger partial charge is 0.225 e. The Balaban J connectivity index is 2.64. The van der Waals surface area contributed by atoms with Crippen molar-refractivity contribution in [3.63, 3.8) is 0 Å². The van der Waals surface area contributed by atoms with Crippen molar-refractivity contribution < 1.29 is 4.79 Å². The van der Waals surface area contributed by atoms with Crippen LogP contribution in [0.4, 0.5) is 0 Å². The maximum atomic E-state index is 12.0. The van der Waals surface area contributed by atoms with Crippen molar-refractivity contribution in [3.05, 3.63) is 0 Å². The summed E-state index contributed by atoms with van der Waals surface area (Å²) in [7, 11) is 0. The fraction of sp³-hybridized carbons (Fsp3) is 0.923. The van der Waals surface area contributed by atoms with Gasteiger partial charge in [-0.25, -0.2) is 0 Å². The number of nitrogens with zero attached hydrogens (tertiary/aromatic N) is 1. The molecule has 0 aliphatic carbocycles. The van der Waals surface area contributed by atoms with Gasteiger partial charge in [0.25, 0.3) is 0 Å². The van der Waals surface area contributed by atoms with Gasteiger partial charge in [-0.3, -0.25) is 4.79 Å². The summed E-state index contributed by atoms with van der Waals surface area (Å²) in [6.45, 7) is 11.7. The number of hydrogen-bond donors (Lipinski definition) is 0. The molecule has 0 spiro atoms. The lowest BCUT2D eigenvalue weighted by Gasteiger charge is -2.27. The maximum absolute atomic E-state index is 12.0. The highest BCUT2D eigenvalue weighted by atomic mass is 16.2. The Kier molecular flexibility index (Phi) is 4.18. The third-order valence-corrected chi connectivity index (χ3v) is 3.14. The molecular weight excluding hydrogens is 186 g/mol. The number of carbonyl (C=O) groups is 1. The first-order chi connectivity index (χ1) is 6.91. The minimum atomic E-state index is 0.143. The molecule has 0 aromatic heterocycles. The van der Waals surface area contributed by atoms with Gasteiger partial charge in [0.1, 0.15) is 0 Å². The zero-order valence-electron chi connectivity index (χ0n) is 10.8. The standard InChI is InChI=1S/C13H25NO/c1-9(2)6-12-7-11(5)8-14(12)13(15)10(3)4/h9-12H,6-8H2,1-5H3. The molecule has 2 nitrogen and oxygen atoms in total. The van der Waals surface area contributed by atoms with E-state index in [4.69, 9.17) is 0 Å². The highest BCUT2D eigenvalue weighted by Crippen LogP contribution is 2.28. The van der Waals surface area contributed by atoms with E-state index in [9.17, 15) is 4.79 Å². The molecule has 0 saturated carbocycles. The first-order valence-corrected chi connectivity index (χ1v) is 6.22. The lowest BCUT2D eigenvalue weighted by molar-refractivity contribution is -0.135. The van der Waals surface area contributed by atoms with Crippen molar-refractivity contribution in [1.82, 2.24) is 4.90 Å². The predicted molar refractivity (Wildman–Crippen MR) is 63.6 cm³/mol. The Morgan fingerprint density at radius 3 is 2.40 bits per heavy atom. The predicted octanol–water partition coefficient (Wildman–Crippen LogP) is 2.93. The Hall–Kier alpha value is -0.530. The molecule has 1 amide bonds. The molecule has 0 N–H and O–H groups in total. The number of rotatable bonds is 3. The van der Waals surface area contributed by atoms with Crippen LogP contribution in [0.25, 0.3) is 0 Å². The number of amides is 1. The average Bonchev–Trinajstić information content (AvgIpc) is 2.44. The summed E-state index contributed by atoms with van der Waals surface area (Å²) in [5.74, 6) is 1.84. The molecule has 1 heterocycles. The molecule has 1 fully saturated rings. The Morgan fingerprint density at radius 2 is 1.93 bits per heavy atom. The van der Waals surface area contributed by atoms with Crippen LogP contribution < -0.4 is 0 Å². The molecule has 1 rings (SSSR count). The molecule has 0 radical (unpaired) electrons. The quantitative estimate of drug-likeness (QED) is 0.703. The van der Waals surface area contributed by atoms with Crippen LogP contribution in [0.15, 0.2) is 0 Å². The average molecular weight is 211 g/mol. The molecule has 0 aromatic carbocycles. The Bertz CT molecular complexity index is 223. The van der Waals surface area contributed by atoms with E-state index in [1.165, 1.54) is 6.42 Å². The van der Waals surface area contributed by atoms with Gasteiger partial charge in [-0.1, -0.05) is 34.6 Å². The summed E-state index contributed by atoms with van der Waals surface area (Å²) in [6.07, 6.45) is 2.35. The molecule has 0 aromatic rings. The first-order valence-electron chi connectivity index (χ1n) is 6.22. The highest BCUT2D eigenvalue weighted by molar-refractivity contribution is 5.78. The molecule has 15 heavy (non-hydrogen) atoms. The fourth-order valence-corrected chi connectivity index (χ4v) is 2.52. The summed E-state index contributed by atoms with van der Waals surface area (Å²) in [6, 6.07) is 0.495. The topological polar surface area (TPSA) is 20.3 Å². The van der Waals surface area contributed by atoms with E-state index in [-0.39, 0.29) is 5.92 Å². The van der Waals surface area contributed by atoms with Crippen LogP contribution >= 0.6 is 0 Å². The third kappa shape index (κ3) is 3.22. The van der Waals surface area contributed by atoms with E-state index < -0.39 is 0 Å². The zero-order valence-corrected chi connectivity index (χ0v) is 10.8. The van der Waals surface area contributed by atoms with E-state index in [1.54, 1.807) is 0 Å². The minimum absolute atomic E-state index is 0.143. The van der Waals surface area contributed by atoms with Gasteiger partial charge in [-0.05, 0) is 24.7 Å². The van der Waals surface area contributed by atoms with Crippen molar-refractivity contribution >= 4 is 5.91 Å². The van der Waals surface area contributed by atoms with E-state index in [0.29, 0.717) is 23.8 Å². The lowest BCUT2D eigenvalue weighted by atomic mass is 9.99. The van der Waals surface area contributed by atoms with Crippen molar-refractivity contribution in [1.29, 1.82) is 0 Å². The molecular formula is C13H25NO. The van der Waals surface area contributed by atoms with Gasteiger partial charge in [0.2, 0.25) is 5.91 Å². The van der Waals surface area contributed by atoms with Crippen LogP contribution in [0.2, 0.25) is 0 Å². The van der Waals surface area contributed by atoms with Gasteiger partial charge in [0, 0.05) is 18.5 Å². The van der Waals surface area contributed by atoms with Gasteiger partial charge < -0.3 is 4.90 Å². The van der Waals surface area contributed by atoms with Crippen LogP contribution in [0, 0.1) is 17.8 Å². The van der Waals surface area contributed by atoms with Crippen LogP contribution in [-0.2, 0) is 4.79 Å². The minimum Gasteiger partial charge on any atom is -0.339 e. The summed E-state index contributed by atoms with van der Waals surface area (Å²) in [5.41, 5.74) is 0. The van der Waals surface area contributed by atoms with Crippen LogP contribution in [0.5, 0.6) is 0 Å². The SMILES string of the molecule is CC(C)CC1CC(C)CN1C(=O)C(C)C. The summed E-state index contributed by atoms with van der Waals surface area (Å²) in [5, 5.41) is 0. The summed E-state index contributed by atoms with van der Waals surface area (Å²) >= 11 is 0. The van der Waals surface area contributed by atoms with Crippen LogP contribution in [0.3, 0.4) is 0 Å². The molecule has 88 valence electrons. The van der Waals surface area contributed by atoms with E-state index in [0.717, 1.165) is 13.0 Å². The number of likely N-dealkylation sites (tertiary alicyclic amines) is 1. The summed E-state index contributed by atoms with van der Waals surface area (Å²) in [4.78, 5) is 14.1. The molecule has 1 aliphatic heterocycles. The Morgan fingerprint density at radius 1 is 1.33 bits per heavy atom. The maximum Gasteiger partial charge on any atom is 0.225 e. The molecule has 2 atom stereocenters. The monoisotopic (exact) mass is 211 g/mol. The summed E-state index contributed by atoms with van der Waals surface area (Å²) < 4.78 is 0. The molecule has 2 unspecified atom stereocenters. The molecule has 0 bridgehead atoms. The van der Waals surface area contributed by atoms with Gasteiger partial charge in [-0.15, -0.1) is 0 Å². The number of hydrogen-bond acceptors (Lipinski definition) is 1. The second-order valence-corrected chi connectivity index (χ2v) is 5.77. The second-order valence-electron chi connectivity index (χ2n) is 5.77. The number of carbonyl (C=O) groups excluding carboxylic acids is 1. The highest BCUT2D eigenvalue weighted by Gasteiger charge is 2.33. The first kappa shape index (κ1) is 12.5. The Labute approximate surface area is 94.0 Å². The van der Waals surface area contributed by atoms with Crippen molar-refractivity contribution in [2.75, 3.05) is 6.54 Å². The van der Waals surface area contributed by atoms with Gasteiger partial charge in [0.15, 0.2) is 0 Å².